The summed E-state index contributed by atoms with van der Waals surface area (Å²) in [5, 5.41) is 2.52. The van der Waals surface area contributed by atoms with Crippen LogP contribution in [0.1, 0.15) is 22.8 Å². The molecule has 0 saturated heterocycles. The van der Waals surface area contributed by atoms with Gasteiger partial charge >= 0.3 is 12.1 Å². The number of hydrogen-bond acceptors (Lipinski definition) is 4. The van der Waals surface area contributed by atoms with Crippen LogP contribution in [0.4, 0.5) is 24.5 Å². The Kier molecular flexibility index (Phi) is 6.40. The number of carbonyl (C=O) groups excluding carboxylic acids is 3. The molecule has 0 aliphatic heterocycles. The third-order valence-corrected chi connectivity index (χ3v) is 3.76. The molecule has 6 nitrogen and oxygen atoms in total. The van der Waals surface area contributed by atoms with Gasteiger partial charge in [0, 0.05) is 18.3 Å². The van der Waals surface area contributed by atoms with Gasteiger partial charge in [0.1, 0.15) is 6.54 Å². The molecule has 148 valence electrons. The number of nitrogens with one attached hydrogen (secondary N) is 1. The van der Waals surface area contributed by atoms with E-state index in [0.29, 0.717) is 5.69 Å². The second kappa shape index (κ2) is 8.55. The van der Waals surface area contributed by atoms with Gasteiger partial charge in [-0.05, 0) is 42.5 Å². The molecule has 9 heteroatoms. The maximum absolute atomic E-state index is 12.9. The molecule has 0 atom stereocenters. The van der Waals surface area contributed by atoms with Crippen molar-refractivity contribution in [2.75, 3.05) is 23.9 Å². The molecule has 2 amide bonds. The van der Waals surface area contributed by atoms with Crippen molar-refractivity contribution in [3.8, 4) is 0 Å². The Morgan fingerprint density at radius 3 is 2.25 bits per heavy atom. The zero-order valence-electron chi connectivity index (χ0n) is 15.0. The highest BCUT2D eigenvalue weighted by Crippen LogP contribution is 2.31. The molecule has 28 heavy (non-hydrogen) atoms. The third kappa shape index (κ3) is 5.32. The molecule has 0 aliphatic rings. The van der Waals surface area contributed by atoms with Crippen LogP contribution in [0.15, 0.2) is 48.5 Å². The molecule has 0 spiro atoms. The van der Waals surface area contributed by atoms with Crippen molar-refractivity contribution < 1.29 is 32.3 Å². The standard InChI is InChI=1S/C19H17F3N2O4/c1-12(25)24(16-5-3-4-14(10-16)19(20,21)22)11-17(26)23-15-8-6-13(7-9-15)18(27)28-2/h3-10H,11H2,1-2H3,(H,23,26). The first-order chi connectivity index (χ1) is 13.1. The van der Waals surface area contributed by atoms with Crippen LogP contribution in [0.3, 0.4) is 0 Å². The summed E-state index contributed by atoms with van der Waals surface area (Å²) in [5.41, 5.74) is -0.325. The zero-order chi connectivity index (χ0) is 20.9. The predicted octanol–water partition coefficient (Wildman–Crippen LogP) is 3.48. The minimum Gasteiger partial charge on any atom is -0.465 e. The Bertz CT molecular complexity index is 879. The Morgan fingerprint density at radius 1 is 1.07 bits per heavy atom. The first kappa shape index (κ1) is 20.9. The summed E-state index contributed by atoms with van der Waals surface area (Å²) in [6.45, 7) is 0.675. The van der Waals surface area contributed by atoms with Crippen LogP contribution >= 0.6 is 0 Å². The lowest BCUT2D eigenvalue weighted by Crippen LogP contribution is -2.36. The molecule has 0 heterocycles. The highest BCUT2D eigenvalue weighted by molar-refractivity contribution is 6.02. The number of ether oxygens (including phenoxy) is 1. The van der Waals surface area contributed by atoms with Gasteiger partial charge in [-0.3, -0.25) is 9.59 Å². The van der Waals surface area contributed by atoms with E-state index in [2.05, 4.69) is 10.1 Å². The highest BCUT2D eigenvalue weighted by Gasteiger charge is 2.31. The Balaban J connectivity index is 2.13. The fraction of sp³-hybridized carbons (Fsp3) is 0.211. The molecule has 2 aromatic carbocycles. The maximum Gasteiger partial charge on any atom is 0.416 e. The molecule has 0 bridgehead atoms. The minimum absolute atomic E-state index is 0.0430. The number of alkyl halides is 3. The smallest absolute Gasteiger partial charge is 0.416 e. The SMILES string of the molecule is COC(=O)c1ccc(NC(=O)CN(C(C)=O)c2cccc(C(F)(F)F)c2)cc1. The topological polar surface area (TPSA) is 75.7 Å². The van der Waals surface area contributed by atoms with Gasteiger partial charge < -0.3 is 15.0 Å². The fourth-order valence-corrected chi connectivity index (χ4v) is 2.39. The molecular formula is C19H17F3N2O4. The molecule has 0 fully saturated rings. The minimum atomic E-state index is -4.57. The summed E-state index contributed by atoms with van der Waals surface area (Å²) in [7, 11) is 1.24. The van der Waals surface area contributed by atoms with E-state index >= 15 is 0 Å². The number of anilines is 2. The first-order valence-electron chi connectivity index (χ1n) is 8.05. The molecule has 1 N–H and O–H groups in total. The maximum atomic E-state index is 12.9. The van der Waals surface area contributed by atoms with Gasteiger partial charge in [0.15, 0.2) is 0 Å². The van der Waals surface area contributed by atoms with E-state index in [9.17, 15) is 27.6 Å². The average Bonchev–Trinajstić information content (AvgIpc) is 2.65. The van der Waals surface area contributed by atoms with Crippen LogP contribution in [0.2, 0.25) is 0 Å². The number of hydrogen-bond donors (Lipinski definition) is 1. The molecule has 0 unspecified atom stereocenters. The summed E-state index contributed by atoms with van der Waals surface area (Å²) in [6, 6.07) is 9.98. The van der Waals surface area contributed by atoms with E-state index in [1.807, 2.05) is 0 Å². The van der Waals surface area contributed by atoms with E-state index in [1.165, 1.54) is 37.4 Å². The van der Waals surface area contributed by atoms with E-state index in [4.69, 9.17) is 0 Å². The van der Waals surface area contributed by atoms with Crippen LogP contribution in [0.25, 0.3) is 0 Å². The zero-order valence-corrected chi connectivity index (χ0v) is 15.0. The number of nitrogens with zero attached hydrogens (tertiary/aromatic N) is 1. The number of methoxy groups -OCH3 is 1. The van der Waals surface area contributed by atoms with Gasteiger partial charge in [0.05, 0.1) is 18.2 Å². The quantitative estimate of drug-likeness (QED) is 0.788. The summed E-state index contributed by atoms with van der Waals surface area (Å²) in [6.07, 6.45) is -4.57. The van der Waals surface area contributed by atoms with Crippen molar-refractivity contribution >= 4 is 29.2 Å². The van der Waals surface area contributed by atoms with Crippen LogP contribution in [0, 0.1) is 0 Å². The van der Waals surface area contributed by atoms with Gasteiger partial charge in [-0.1, -0.05) is 6.07 Å². The molecule has 0 radical (unpaired) electrons. The fourth-order valence-electron chi connectivity index (χ4n) is 2.39. The molecule has 0 aromatic heterocycles. The summed E-state index contributed by atoms with van der Waals surface area (Å²) in [4.78, 5) is 36.4. The molecule has 0 aliphatic carbocycles. The Labute approximate surface area is 158 Å². The lowest BCUT2D eigenvalue weighted by Gasteiger charge is -2.21. The van der Waals surface area contributed by atoms with Crippen molar-refractivity contribution in [1.82, 2.24) is 0 Å². The van der Waals surface area contributed by atoms with Crippen LogP contribution < -0.4 is 10.2 Å². The van der Waals surface area contributed by atoms with Gasteiger partial charge in [0.25, 0.3) is 0 Å². The second-order valence-electron chi connectivity index (χ2n) is 5.77. The number of rotatable bonds is 5. The third-order valence-electron chi connectivity index (χ3n) is 3.76. The highest BCUT2D eigenvalue weighted by atomic mass is 19.4. The number of esters is 1. The monoisotopic (exact) mass is 394 g/mol. The Morgan fingerprint density at radius 2 is 1.71 bits per heavy atom. The molecular weight excluding hydrogens is 377 g/mol. The number of amides is 2. The van der Waals surface area contributed by atoms with Gasteiger partial charge in [0.2, 0.25) is 11.8 Å². The molecule has 0 saturated carbocycles. The van der Waals surface area contributed by atoms with Gasteiger partial charge in [-0.25, -0.2) is 4.79 Å². The number of carbonyl (C=O) groups is 3. The predicted molar refractivity (Wildman–Crippen MR) is 95.9 cm³/mol. The van der Waals surface area contributed by atoms with Crippen LogP contribution in [-0.4, -0.2) is 31.4 Å². The normalized spacial score (nSPS) is 10.9. The summed E-state index contributed by atoms with van der Waals surface area (Å²) < 4.78 is 43.2. The van der Waals surface area contributed by atoms with Gasteiger partial charge in [-0.15, -0.1) is 0 Å². The second-order valence-corrected chi connectivity index (χ2v) is 5.77. The lowest BCUT2D eigenvalue weighted by atomic mass is 10.1. The van der Waals surface area contributed by atoms with Crippen molar-refractivity contribution in [1.29, 1.82) is 0 Å². The average molecular weight is 394 g/mol. The van der Waals surface area contributed by atoms with Crippen LogP contribution in [0.5, 0.6) is 0 Å². The molecule has 2 rings (SSSR count). The first-order valence-corrected chi connectivity index (χ1v) is 8.05. The van der Waals surface area contributed by atoms with E-state index in [1.54, 1.807) is 0 Å². The van der Waals surface area contributed by atoms with Crippen molar-refractivity contribution in [3.05, 3.63) is 59.7 Å². The van der Waals surface area contributed by atoms with Crippen molar-refractivity contribution in [2.24, 2.45) is 0 Å². The van der Waals surface area contributed by atoms with Gasteiger partial charge in [-0.2, -0.15) is 13.2 Å². The van der Waals surface area contributed by atoms with Crippen molar-refractivity contribution in [2.45, 2.75) is 13.1 Å². The van der Waals surface area contributed by atoms with Crippen molar-refractivity contribution in [3.63, 3.8) is 0 Å². The van der Waals surface area contributed by atoms with E-state index < -0.39 is 36.1 Å². The lowest BCUT2D eigenvalue weighted by molar-refractivity contribution is -0.137. The summed E-state index contributed by atoms with van der Waals surface area (Å²) >= 11 is 0. The Hall–Kier alpha value is -3.36. The van der Waals surface area contributed by atoms with Crippen LogP contribution in [-0.2, 0) is 20.5 Å². The van der Waals surface area contributed by atoms with E-state index in [-0.39, 0.29) is 11.3 Å². The van der Waals surface area contributed by atoms with E-state index in [0.717, 1.165) is 30.0 Å². The largest absolute Gasteiger partial charge is 0.465 e. The number of halogens is 3. The number of benzene rings is 2. The molecule has 2 aromatic rings. The summed E-state index contributed by atoms with van der Waals surface area (Å²) in [5.74, 6) is -1.74.